The third-order valence-electron chi connectivity index (χ3n) is 7.05. The van der Waals surface area contributed by atoms with E-state index in [0.29, 0.717) is 0 Å². The summed E-state index contributed by atoms with van der Waals surface area (Å²) < 4.78 is 13.2. The highest BCUT2D eigenvalue weighted by Crippen LogP contribution is 2.38. The van der Waals surface area contributed by atoms with Crippen molar-refractivity contribution < 1.29 is 18.8 Å². The number of aromatic nitrogens is 3. The molecule has 1 atom stereocenters. The fourth-order valence-electron chi connectivity index (χ4n) is 5.21. The van der Waals surface area contributed by atoms with Gasteiger partial charge in [0.15, 0.2) is 0 Å². The minimum Gasteiger partial charge on any atom is -0.381 e. The molecular weight excluding hydrogens is 422 g/mol. The number of aryl methyl sites for hydroxylation is 2. The molecule has 33 heavy (non-hydrogen) atoms. The number of ether oxygens (including phenoxy) is 1. The molecule has 0 radical (unpaired) electrons. The van der Waals surface area contributed by atoms with E-state index in [4.69, 9.17) is 14.2 Å². The summed E-state index contributed by atoms with van der Waals surface area (Å²) in [4.78, 5) is 30.9. The number of amides is 3. The van der Waals surface area contributed by atoms with Crippen LogP contribution in [0.1, 0.15) is 61.5 Å². The molecule has 0 spiro atoms. The van der Waals surface area contributed by atoms with Crippen molar-refractivity contribution in [1.29, 1.82) is 0 Å². The summed E-state index contributed by atoms with van der Waals surface area (Å²) in [6.45, 7) is 3.82. The maximum Gasteiger partial charge on any atom is 0.324 e. The highest BCUT2D eigenvalue weighted by molar-refractivity contribution is 5.97. The summed E-state index contributed by atoms with van der Waals surface area (Å²) >= 11 is 0. The molecule has 1 saturated carbocycles. The van der Waals surface area contributed by atoms with Gasteiger partial charge in [-0.15, -0.1) is 0 Å². The van der Waals surface area contributed by atoms with Gasteiger partial charge in [0.2, 0.25) is 5.91 Å². The lowest BCUT2D eigenvalue weighted by Gasteiger charge is -2.33. The Hall–Kier alpha value is -3.20. The molecular formula is C24H29N5O4. The van der Waals surface area contributed by atoms with Crippen LogP contribution in [0.3, 0.4) is 0 Å². The highest BCUT2D eigenvalue weighted by Gasteiger charge is 2.35. The minimum atomic E-state index is -0.462. The summed E-state index contributed by atoms with van der Waals surface area (Å²) in [6, 6.07) is 5.56. The number of rotatable bonds is 4. The summed E-state index contributed by atoms with van der Waals surface area (Å²) in [7, 11) is 3.26. The third kappa shape index (κ3) is 3.70. The standard InChI is InChI=1S/C24H29N5O4/c1-13-22(14(2)33-27-13)15-5-10-20-18(11-15)25-23(19-12-21(30)28(3)24(31)26-19)29(20)16-6-8-17(32-4)9-7-16/h5,10-11,16-17,19H,6-9,12H2,1-4H3,(H,26,31)/t16-,17-,19-/m0/s1. The van der Waals surface area contributed by atoms with Crippen molar-refractivity contribution in [2.45, 2.75) is 64.1 Å². The SMILES string of the molecule is CO[C@H]1CC[C@H](n2c([C@@H]3CC(=O)N(C)C(=O)N3)nc3cc(-c4c(C)noc4C)ccc32)CC1. The van der Waals surface area contributed by atoms with Crippen LogP contribution in [0, 0.1) is 13.8 Å². The van der Waals surface area contributed by atoms with Crippen LogP contribution in [-0.2, 0) is 9.53 Å². The van der Waals surface area contributed by atoms with Crippen molar-refractivity contribution in [3.63, 3.8) is 0 Å². The van der Waals surface area contributed by atoms with E-state index in [1.807, 2.05) is 19.9 Å². The molecule has 1 saturated heterocycles. The molecule has 9 nitrogen and oxygen atoms in total. The quantitative estimate of drug-likeness (QED) is 0.642. The Bertz CT molecular complexity index is 1180. The number of carbonyl (C=O) groups is 2. The van der Waals surface area contributed by atoms with Gasteiger partial charge in [-0.1, -0.05) is 11.2 Å². The van der Waals surface area contributed by atoms with Gasteiger partial charge in [0, 0.05) is 25.8 Å². The second kappa shape index (κ2) is 8.30. The molecule has 0 unspecified atom stereocenters. The molecule has 9 heteroatoms. The van der Waals surface area contributed by atoms with Crippen LogP contribution in [0.2, 0.25) is 0 Å². The van der Waals surface area contributed by atoms with Gasteiger partial charge in [0.05, 0.1) is 35.3 Å². The van der Waals surface area contributed by atoms with Crippen molar-refractivity contribution >= 4 is 23.0 Å². The van der Waals surface area contributed by atoms with Gasteiger partial charge in [-0.3, -0.25) is 9.69 Å². The Balaban J connectivity index is 1.61. The minimum absolute atomic E-state index is 0.190. The van der Waals surface area contributed by atoms with E-state index in [1.54, 1.807) is 7.11 Å². The number of nitrogens with one attached hydrogen (secondary N) is 1. The van der Waals surface area contributed by atoms with E-state index in [9.17, 15) is 9.59 Å². The maximum absolute atomic E-state index is 12.5. The van der Waals surface area contributed by atoms with Gasteiger partial charge >= 0.3 is 6.03 Å². The Kier molecular flexibility index (Phi) is 5.44. The van der Waals surface area contributed by atoms with Crippen molar-refractivity contribution in [3.8, 4) is 11.1 Å². The van der Waals surface area contributed by atoms with Crippen LogP contribution < -0.4 is 5.32 Å². The first-order valence-electron chi connectivity index (χ1n) is 11.4. The first-order valence-corrected chi connectivity index (χ1v) is 11.4. The largest absolute Gasteiger partial charge is 0.381 e. The monoisotopic (exact) mass is 451 g/mol. The van der Waals surface area contributed by atoms with E-state index >= 15 is 0 Å². The molecule has 1 aliphatic carbocycles. The second-order valence-corrected chi connectivity index (χ2v) is 9.07. The zero-order valence-electron chi connectivity index (χ0n) is 19.4. The molecule has 174 valence electrons. The number of methoxy groups -OCH3 is 1. The van der Waals surface area contributed by atoms with Crippen LogP contribution in [-0.4, -0.2) is 51.8 Å². The number of nitrogens with zero attached hydrogens (tertiary/aromatic N) is 4. The van der Waals surface area contributed by atoms with Crippen molar-refractivity contribution in [3.05, 3.63) is 35.5 Å². The lowest BCUT2D eigenvalue weighted by Crippen LogP contribution is -2.49. The van der Waals surface area contributed by atoms with Crippen molar-refractivity contribution in [2.75, 3.05) is 14.2 Å². The maximum atomic E-state index is 12.5. The van der Waals surface area contributed by atoms with Crippen molar-refractivity contribution in [1.82, 2.24) is 24.9 Å². The normalized spacial score (nSPS) is 23.9. The zero-order chi connectivity index (χ0) is 23.3. The number of benzene rings is 1. The molecule has 5 rings (SSSR count). The average molecular weight is 452 g/mol. The van der Waals surface area contributed by atoms with E-state index in [0.717, 1.165) is 70.0 Å². The molecule has 2 aliphatic rings. The van der Waals surface area contributed by atoms with Gasteiger partial charge < -0.3 is 19.1 Å². The average Bonchev–Trinajstić information content (AvgIpc) is 3.36. The number of fused-ring (bicyclic) bond motifs is 1. The second-order valence-electron chi connectivity index (χ2n) is 9.07. The van der Waals surface area contributed by atoms with Gasteiger partial charge in [-0.2, -0.15) is 0 Å². The number of imidazole rings is 1. The molecule has 2 aromatic heterocycles. The Labute approximate surface area is 192 Å². The molecule has 2 fully saturated rings. The number of urea groups is 1. The zero-order valence-corrected chi connectivity index (χ0v) is 19.4. The van der Waals surface area contributed by atoms with Gasteiger partial charge in [0.25, 0.3) is 0 Å². The fraction of sp³-hybridized carbons (Fsp3) is 0.500. The molecule has 1 aromatic carbocycles. The molecule has 1 aliphatic heterocycles. The molecule has 3 heterocycles. The van der Waals surface area contributed by atoms with Gasteiger partial charge in [-0.25, -0.2) is 9.78 Å². The molecule has 3 aromatic rings. The lowest BCUT2D eigenvalue weighted by atomic mass is 9.92. The highest BCUT2D eigenvalue weighted by atomic mass is 16.5. The van der Waals surface area contributed by atoms with Crippen LogP contribution in [0.5, 0.6) is 0 Å². The number of imide groups is 1. The van der Waals surface area contributed by atoms with E-state index in [1.165, 1.54) is 7.05 Å². The third-order valence-corrected chi connectivity index (χ3v) is 7.05. The van der Waals surface area contributed by atoms with Crippen LogP contribution in [0.25, 0.3) is 22.2 Å². The Morgan fingerprint density at radius 1 is 1.15 bits per heavy atom. The summed E-state index contributed by atoms with van der Waals surface area (Å²) in [5, 5.41) is 7.05. The Morgan fingerprint density at radius 3 is 2.55 bits per heavy atom. The van der Waals surface area contributed by atoms with E-state index in [-0.39, 0.29) is 24.5 Å². The summed E-state index contributed by atoms with van der Waals surface area (Å²) in [5.74, 6) is 1.29. The van der Waals surface area contributed by atoms with Crippen LogP contribution >= 0.6 is 0 Å². The lowest BCUT2D eigenvalue weighted by molar-refractivity contribution is -0.129. The number of hydrogen-bond acceptors (Lipinski definition) is 6. The summed E-state index contributed by atoms with van der Waals surface area (Å²) in [6.07, 6.45) is 4.31. The first-order chi connectivity index (χ1) is 15.9. The predicted octanol–water partition coefficient (Wildman–Crippen LogP) is 4.05. The van der Waals surface area contributed by atoms with E-state index < -0.39 is 12.1 Å². The fourth-order valence-corrected chi connectivity index (χ4v) is 5.21. The topological polar surface area (TPSA) is 102 Å². The molecule has 0 bridgehead atoms. The van der Waals surface area contributed by atoms with E-state index in [2.05, 4.69) is 27.2 Å². The Morgan fingerprint density at radius 2 is 1.91 bits per heavy atom. The van der Waals surface area contributed by atoms with Crippen molar-refractivity contribution in [2.24, 2.45) is 0 Å². The first kappa shape index (κ1) is 21.6. The van der Waals surface area contributed by atoms with Gasteiger partial charge in [0.1, 0.15) is 11.6 Å². The number of hydrogen-bond donors (Lipinski definition) is 1. The van der Waals surface area contributed by atoms with Crippen LogP contribution in [0.15, 0.2) is 22.7 Å². The number of carbonyl (C=O) groups excluding carboxylic acids is 2. The smallest absolute Gasteiger partial charge is 0.324 e. The molecule has 1 N–H and O–H groups in total. The predicted molar refractivity (Wildman–Crippen MR) is 122 cm³/mol. The summed E-state index contributed by atoms with van der Waals surface area (Å²) in [5.41, 5.74) is 4.62. The molecule has 3 amide bonds. The van der Waals surface area contributed by atoms with Gasteiger partial charge in [-0.05, 0) is 57.2 Å². The van der Waals surface area contributed by atoms with Crippen LogP contribution in [0.4, 0.5) is 4.79 Å².